The molecule has 0 aliphatic heterocycles. The first-order chi connectivity index (χ1) is 9.51. The molecule has 2 rings (SSSR count). The van der Waals surface area contributed by atoms with Gasteiger partial charge in [-0.3, -0.25) is 4.68 Å². The number of hydrogen-bond acceptors (Lipinski definition) is 3. The molecule has 0 bridgehead atoms. The van der Waals surface area contributed by atoms with Crippen LogP contribution in [-0.4, -0.2) is 27.5 Å². The van der Waals surface area contributed by atoms with Gasteiger partial charge in [-0.1, -0.05) is 24.6 Å². The van der Waals surface area contributed by atoms with Crippen molar-refractivity contribution >= 4 is 17.6 Å². The van der Waals surface area contributed by atoms with E-state index in [1.54, 1.807) is 17.8 Å². The lowest BCUT2D eigenvalue weighted by atomic mass is 10.0. The van der Waals surface area contributed by atoms with Gasteiger partial charge in [-0.2, -0.15) is 0 Å². The van der Waals surface area contributed by atoms with Crippen LogP contribution in [0.1, 0.15) is 12.5 Å². The molecule has 20 heavy (non-hydrogen) atoms. The molecule has 0 spiro atoms. The van der Waals surface area contributed by atoms with E-state index in [1.807, 2.05) is 25.1 Å². The normalized spacial score (nSPS) is 10.6. The molecular weight excluding hydrogens is 280 g/mol. The Morgan fingerprint density at radius 1 is 1.45 bits per heavy atom. The van der Waals surface area contributed by atoms with Gasteiger partial charge in [0.15, 0.2) is 6.61 Å². The zero-order valence-electron chi connectivity index (χ0n) is 11.3. The van der Waals surface area contributed by atoms with E-state index >= 15 is 0 Å². The van der Waals surface area contributed by atoms with Crippen LogP contribution in [0.4, 0.5) is 0 Å². The van der Waals surface area contributed by atoms with E-state index < -0.39 is 12.6 Å². The minimum Gasteiger partial charge on any atom is -0.479 e. The van der Waals surface area contributed by atoms with Gasteiger partial charge in [0.2, 0.25) is 5.88 Å². The summed E-state index contributed by atoms with van der Waals surface area (Å²) in [7, 11) is 1.79. The molecule has 0 unspecified atom stereocenters. The number of hydrogen-bond donors (Lipinski definition) is 1. The summed E-state index contributed by atoms with van der Waals surface area (Å²) in [6.45, 7) is 1.64. The van der Waals surface area contributed by atoms with Gasteiger partial charge in [0.1, 0.15) is 0 Å². The molecule has 106 valence electrons. The van der Waals surface area contributed by atoms with E-state index in [0.29, 0.717) is 10.9 Å². The van der Waals surface area contributed by atoms with Gasteiger partial charge in [0.05, 0.1) is 5.69 Å². The van der Waals surface area contributed by atoms with Crippen LogP contribution in [0.25, 0.3) is 11.3 Å². The van der Waals surface area contributed by atoms with Gasteiger partial charge in [-0.15, -0.1) is 5.10 Å². The van der Waals surface area contributed by atoms with Crippen LogP contribution in [0, 0.1) is 0 Å². The minimum absolute atomic E-state index is 0.293. The average molecular weight is 295 g/mol. The number of aryl methyl sites for hydroxylation is 2. The van der Waals surface area contributed by atoms with Crippen molar-refractivity contribution in [2.24, 2.45) is 7.05 Å². The highest BCUT2D eigenvalue weighted by Gasteiger charge is 2.12. The zero-order valence-corrected chi connectivity index (χ0v) is 12.0. The van der Waals surface area contributed by atoms with E-state index in [4.69, 9.17) is 21.4 Å². The zero-order chi connectivity index (χ0) is 14.7. The summed E-state index contributed by atoms with van der Waals surface area (Å²) < 4.78 is 6.76. The minimum atomic E-state index is -1.03. The molecule has 0 amide bonds. The molecule has 1 aromatic carbocycles. The fourth-order valence-electron chi connectivity index (χ4n) is 2.00. The van der Waals surface area contributed by atoms with Gasteiger partial charge in [0.25, 0.3) is 0 Å². The van der Waals surface area contributed by atoms with Crippen LogP contribution in [0.2, 0.25) is 5.02 Å². The number of aromatic nitrogens is 2. The molecule has 1 heterocycles. The second kappa shape index (κ2) is 5.96. The number of carbonyl (C=O) groups is 1. The fourth-order valence-corrected chi connectivity index (χ4v) is 2.20. The quantitative estimate of drug-likeness (QED) is 0.921. The first-order valence-corrected chi connectivity index (χ1v) is 6.56. The standard InChI is InChI=1S/C14H15ClN2O3/c1-3-9-6-10(15)4-5-11(9)12-7-13(16-17(12)2)20-8-14(18)19/h4-7H,3,8H2,1-2H3,(H,18,19). The van der Waals surface area contributed by atoms with Crippen molar-refractivity contribution in [1.82, 2.24) is 9.78 Å². The van der Waals surface area contributed by atoms with E-state index in [-0.39, 0.29) is 0 Å². The van der Waals surface area contributed by atoms with Crippen molar-refractivity contribution in [3.05, 3.63) is 34.9 Å². The van der Waals surface area contributed by atoms with Gasteiger partial charge >= 0.3 is 5.97 Å². The molecule has 5 nitrogen and oxygen atoms in total. The molecule has 1 aromatic heterocycles. The Hall–Kier alpha value is -2.01. The molecule has 6 heteroatoms. The van der Waals surface area contributed by atoms with Gasteiger partial charge in [0, 0.05) is 23.7 Å². The number of benzene rings is 1. The number of carboxylic acid groups (broad SMARTS) is 1. The molecule has 0 aliphatic rings. The molecule has 0 atom stereocenters. The van der Waals surface area contributed by atoms with Crippen molar-refractivity contribution < 1.29 is 14.6 Å². The number of aliphatic carboxylic acids is 1. The van der Waals surface area contributed by atoms with Crippen LogP contribution < -0.4 is 4.74 Å². The summed E-state index contributed by atoms with van der Waals surface area (Å²) in [5, 5.41) is 13.5. The molecular formula is C14H15ClN2O3. The molecule has 0 aliphatic carbocycles. The van der Waals surface area contributed by atoms with Crippen molar-refractivity contribution in [3.8, 4) is 17.1 Å². The second-order valence-electron chi connectivity index (χ2n) is 4.33. The highest BCUT2D eigenvalue weighted by molar-refractivity contribution is 6.30. The van der Waals surface area contributed by atoms with Gasteiger partial charge in [-0.25, -0.2) is 4.79 Å². The van der Waals surface area contributed by atoms with Crippen LogP contribution in [-0.2, 0) is 18.3 Å². The highest BCUT2D eigenvalue weighted by Crippen LogP contribution is 2.29. The SMILES string of the molecule is CCc1cc(Cl)ccc1-c1cc(OCC(=O)O)nn1C. The van der Waals surface area contributed by atoms with Crippen molar-refractivity contribution in [1.29, 1.82) is 0 Å². The van der Waals surface area contributed by atoms with E-state index in [0.717, 1.165) is 23.2 Å². The van der Waals surface area contributed by atoms with Crippen molar-refractivity contribution in [2.75, 3.05) is 6.61 Å². The Labute approximate surface area is 121 Å². The van der Waals surface area contributed by atoms with Crippen molar-refractivity contribution in [3.63, 3.8) is 0 Å². The Bertz CT molecular complexity index is 637. The summed E-state index contributed by atoms with van der Waals surface area (Å²) in [5.74, 6) is -0.736. The lowest BCUT2D eigenvalue weighted by Crippen LogP contribution is -2.09. The maximum Gasteiger partial charge on any atom is 0.341 e. The van der Waals surface area contributed by atoms with Crippen molar-refractivity contribution in [2.45, 2.75) is 13.3 Å². The molecule has 2 aromatic rings. The first kappa shape index (κ1) is 14.4. The van der Waals surface area contributed by atoms with Crippen LogP contribution in [0.15, 0.2) is 24.3 Å². The fraction of sp³-hybridized carbons (Fsp3) is 0.286. The first-order valence-electron chi connectivity index (χ1n) is 6.18. The summed E-state index contributed by atoms with van der Waals surface area (Å²) >= 11 is 6.00. The maximum absolute atomic E-state index is 10.5. The second-order valence-corrected chi connectivity index (χ2v) is 4.77. The summed E-state index contributed by atoms with van der Waals surface area (Å²) in [6.07, 6.45) is 0.840. The lowest BCUT2D eigenvalue weighted by molar-refractivity contribution is -0.139. The topological polar surface area (TPSA) is 64.3 Å². The number of rotatable bonds is 5. The van der Waals surface area contributed by atoms with Crippen LogP contribution in [0.5, 0.6) is 5.88 Å². The summed E-state index contributed by atoms with van der Waals surface area (Å²) in [5.41, 5.74) is 2.97. The smallest absolute Gasteiger partial charge is 0.341 e. The van der Waals surface area contributed by atoms with Gasteiger partial charge in [-0.05, 0) is 24.1 Å². The van der Waals surface area contributed by atoms with E-state index in [1.165, 1.54) is 0 Å². The predicted molar refractivity (Wildman–Crippen MR) is 76.2 cm³/mol. The third-order valence-corrected chi connectivity index (χ3v) is 3.16. The third-order valence-electron chi connectivity index (χ3n) is 2.93. The molecule has 0 fully saturated rings. The number of ether oxygens (including phenoxy) is 1. The van der Waals surface area contributed by atoms with Crippen LogP contribution >= 0.6 is 11.6 Å². The number of carboxylic acids is 1. The van der Waals surface area contributed by atoms with Gasteiger partial charge < -0.3 is 9.84 Å². The number of nitrogens with zero attached hydrogens (tertiary/aromatic N) is 2. The average Bonchev–Trinajstić information content (AvgIpc) is 2.77. The highest BCUT2D eigenvalue weighted by atomic mass is 35.5. The Kier molecular flexibility index (Phi) is 4.29. The Balaban J connectivity index is 2.35. The summed E-state index contributed by atoms with van der Waals surface area (Å²) in [6, 6.07) is 7.40. The number of halogens is 1. The Morgan fingerprint density at radius 2 is 2.20 bits per heavy atom. The Morgan fingerprint density at radius 3 is 2.85 bits per heavy atom. The lowest BCUT2D eigenvalue weighted by Gasteiger charge is -2.08. The summed E-state index contributed by atoms with van der Waals surface area (Å²) in [4.78, 5) is 10.5. The monoisotopic (exact) mass is 294 g/mol. The van der Waals surface area contributed by atoms with Crippen LogP contribution in [0.3, 0.4) is 0 Å². The molecule has 0 saturated carbocycles. The molecule has 0 saturated heterocycles. The largest absolute Gasteiger partial charge is 0.479 e. The molecule has 0 radical (unpaired) electrons. The molecule has 1 N–H and O–H groups in total. The van der Waals surface area contributed by atoms with E-state index in [2.05, 4.69) is 5.10 Å². The van der Waals surface area contributed by atoms with E-state index in [9.17, 15) is 4.79 Å². The third kappa shape index (κ3) is 3.11. The maximum atomic E-state index is 10.5. The predicted octanol–water partition coefficient (Wildman–Crippen LogP) is 2.77.